The maximum Gasteiger partial charge on any atom is 0.329 e. The molecule has 0 spiro atoms. The molecule has 2 aliphatic heterocycles. The largest absolute Gasteiger partial charge is 0.456 e. The lowest BCUT2D eigenvalue weighted by atomic mass is 10.0. The van der Waals surface area contributed by atoms with Crippen LogP contribution in [0.15, 0.2) is 12.2 Å². The van der Waals surface area contributed by atoms with E-state index < -0.39 is 59.9 Å². The normalized spacial score (nSPS) is 31.1. The molecule has 0 aromatic heterocycles. The summed E-state index contributed by atoms with van der Waals surface area (Å²) in [6, 6.07) is -3.66. The highest BCUT2D eigenvalue weighted by Crippen LogP contribution is 2.21. The van der Waals surface area contributed by atoms with Crippen LogP contribution >= 0.6 is 24.4 Å². The Morgan fingerprint density at radius 2 is 1.61 bits per heavy atom. The molecule has 2 heterocycles. The zero-order valence-corrected chi connectivity index (χ0v) is 23.1. The summed E-state index contributed by atoms with van der Waals surface area (Å²) >= 11 is 5.53. The molecule has 12 heteroatoms. The van der Waals surface area contributed by atoms with Crippen LogP contribution in [0.4, 0.5) is 0 Å². The molecule has 4 amide bonds. The lowest BCUT2D eigenvalue weighted by Gasteiger charge is -2.28. The van der Waals surface area contributed by atoms with Crippen molar-refractivity contribution in [3.63, 3.8) is 0 Å². The van der Waals surface area contributed by atoms with Gasteiger partial charge in [-0.25, -0.2) is 4.79 Å². The molecule has 0 aromatic carbocycles. The third kappa shape index (κ3) is 8.43. The van der Waals surface area contributed by atoms with E-state index >= 15 is 0 Å². The third-order valence-electron chi connectivity index (χ3n) is 5.99. The first-order chi connectivity index (χ1) is 16.9. The highest BCUT2D eigenvalue weighted by molar-refractivity contribution is 8.00. The maximum atomic E-state index is 13.2. The molecule has 2 saturated heterocycles. The Morgan fingerprint density at radius 3 is 2.22 bits per heavy atom. The minimum atomic E-state index is -0.981. The highest BCUT2D eigenvalue weighted by Gasteiger charge is 2.39. The van der Waals surface area contributed by atoms with Crippen molar-refractivity contribution in [3.05, 3.63) is 12.2 Å². The number of hydrogen-bond donors (Lipinski definition) is 5. The van der Waals surface area contributed by atoms with Crippen molar-refractivity contribution in [2.45, 2.75) is 83.0 Å². The van der Waals surface area contributed by atoms with E-state index in [0.29, 0.717) is 12.2 Å². The lowest BCUT2D eigenvalue weighted by molar-refractivity contribution is -0.153. The van der Waals surface area contributed by atoms with E-state index in [1.54, 1.807) is 46.8 Å². The number of cyclic esters (lactones) is 1. The summed E-state index contributed by atoms with van der Waals surface area (Å²) in [5.41, 5.74) is 0. The summed E-state index contributed by atoms with van der Waals surface area (Å²) in [4.78, 5) is 65.1. The molecule has 2 unspecified atom stereocenters. The van der Waals surface area contributed by atoms with Gasteiger partial charge in [0, 0.05) is 11.0 Å². The molecule has 10 nitrogen and oxygen atoms in total. The van der Waals surface area contributed by atoms with Crippen molar-refractivity contribution < 1.29 is 28.7 Å². The SMILES string of the molecule is CC1SC[C@@H]2NC(=O)[C@@H](C(C)C)NC(=O)C[C@H](/C=C/CCS)OC(=O)[C@H](C(C)C)NC(=O)C1NC2=O. The topological polar surface area (TPSA) is 143 Å². The van der Waals surface area contributed by atoms with Crippen LogP contribution in [0, 0.1) is 11.8 Å². The summed E-state index contributed by atoms with van der Waals surface area (Å²) in [7, 11) is 0. The number of amides is 4. The van der Waals surface area contributed by atoms with Crippen LogP contribution in [0.3, 0.4) is 0 Å². The van der Waals surface area contributed by atoms with Crippen molar-refractivity contribution in [2.24, 2.45) is 11.8 Å². The van der Waals surface area contributed by atoms with Gasteiger partial charge in [0.05, 0.1) is 6.42 Å². The number of fused-ring (bicyclic) bond motifs is 3. The van der Waals surface area contributed by atoms with E-state index in [-0.39, 0.29) is 29.3 Å². The second kappa shape index (κ2) is 13.9. The van der Waals surface area contributed by atoms with Crippen LogP contribution in [-0.4, -0.2) is 76.6 Å². The van der Waals surface area contributed by atoms with Gasteiger partial charge in [0.25, 0.3) is 0 Å². The van der Waals surface area contributed by atoms with Crippen LogP contribution in [0.2, 0.25) is 0 Å². The molecule has 6 atom stereocenters. The average molecular weight is 543 g/mol. The Hall–Kier alpha value is -2.21. The van der Waals surface area contributed by atoms with Gasteiger partial charge in [-0.05, 0) is 30.1 Å². The van der Waals surface area contributed by atoms with Crippen LogP contribution in [-0.2, 0) is 28.7 Å². The predicted octanol–water partition coefficient (Wildman–Crippen LogP) is 0.565. The molecule has 0 aromatic rings. The zero-order valence-electron chi connectivity index (χ0n) is 21.4. The van der Waals surface area contributed by atoms with Gasteiger partial charge >= 0.3 is 5.97 Å². The monoisotopic (exact) mass is 542 g/mol. The van der Waals surface area contributed by atoms with Crippen LogP contribution < -0.4 is 21.3 Å². The average Bonchev–Trinajstić information content (AvgIpc) is 2.93. The predicted molar refractivity (Wildman–Crippen MR) is 141 cm³/mol. The number of ether oxygens (including phenoxy) is 1. The van der Waals surface area contributed by atoms with E-state index in [2.05, 4.69) is 33.9 Å². The molecule has 0 saturated carbocycles. The molecule has 2 rings (SSSR count). The second-order valence-corrected chi connectivity index (χ2v) is 11.6. The first kappa shape index (κ1) is 30.0. The van der Waals surface area contributed by atoms with E-state index in [4.69, 9.17) is 4.74 Å². The summed E-state index contributed by atoms with van der Waals surface area (Å²) in [5.74, 6) is -2.42. The van der Waals surface area contributed by atoms with Crippen molar-refractivity contribution in [2.75, 3.05) is 11.5 Å². The number of carbonyl (C=O) groups excluding carboxylic acids is 5. The van der Waals surface area contributed by atoms with Crippen molar-refractivity contribution in [1.29, 1.82) is 0 Å². The Balaban J connectivity index is 2.44. The minimum absolute atomic E-state index is 0.205. The molecule has 0 aliphatic carbocycles. The van der Waals surface area contributed by atoms with E-state index in [1.807, 2.05) is 0 Å². The minimum Gasteiger partial charge on any atom is -0.456 e. The maximum absolute atomic E-state index is 13.2. The quantitative estimate of drug-likeness (QED) is 0.194. The van der Waals surface area contributed by atoms with E-state index in [9.17, 15) is 24.0 Å². The first-order valence-electron chi connectivity index (χ1n) is 12.2. The van der Waals surface area contributed by atoms with E-state index in [1.165, 1.54) is 11.8 Å². The van der Waals surface area contributed by atoms with Crippen molar-refractivity contribution in [3.8, 4) is 0 Å². The zero-order chi connectivity index (χ0) is 27.0. The summed E-state index contributed by atoms with van der Waals surface area (Å²) < 4.78 is 5.65. The molecule has 2 aliphatic rings. The third-order valence-corrected chi connectivity index (χ3v) is 7.57. The Bertz CT molecular complexity index is 866. The fraction of sp³-hybridized carbons (Fsp3) is 0.708. The molecule has 36 heavy (non-hydrogen) atoms. The number of hydrogen-bond acceptors (Lipinski definition) is 8. The summed E-state index contributed by atoms with van der Waals surface area (Å²) in [6.07, 6.45) is 2.89. The number of rotatable bonds is 5. The summed E-state index contributed by atoms with van der Waals surface area (Å²) in [6.45, 7) is 8.90. The van der Waals surface area contributed by atoms with Crippen molar-refractivity contribution in [1.82, 2.24) is 21.3 Å². The van der Waals surface area contributed by atoms with Gasteiger partial charge in [0.15, 0.2) is 0 Å². The number of thioether (sulfide) groups is 1. The van der Waals surface area contributed by atoms with Gasteiger partial charge in [0.2, 0.25) is 23.6 Å². The smallest absolute Gasteiger partial charge is 0.329 e. The van der Waals surface area contributed by atoms with Gasteiger partial charge < -0.3 is 26.0 Å². The summed E-state index contributed by atoms with van der Waals surface area (Å²) in [5, 5.41) is 10.6. The molecular formula is C24H38N4O6S2. The molecule has 2 bridgehead atoms. The number of nitrogens with one attached hydrogen (secondary N) is 4. The Morgan fingerprint density at radius 1 is 0.944 bits per heavy atom. The van der Waals surface area contributed by atoms with Gasteiger partial charge in [-0.15, -0.1) is 0 Å². The molecule has 4 N–H and O–H groups in total. The number of carbonyl (C=O) groups is 5. The van der Waals surface area contributed by atoms with Crippen LogP contribution in [0.1, 0.15) is 47.5 Å². The number of esters is 1. The molecule has 2 fully saturated rings. The van der Waals surface area contributed by atoms with E-state index in [0.717, 1.165) is 0 Å². The Kier molecular flexibility index (Phi) is 11.6. The van der Waals surface area contributed by atoms with Gasteiger partial charge in [-0.3, -0.25) is 19.2 Å². The Labute approximate surface area is 222 Å². The van der Waals surface area contributed by atoms with Gasteiger partial charge in [-0.2, -0.15) is 24.4 Å². The molecular weight excluding hydrogens is 504 g/mol. The number of thiol groups is 1. The fourth-order valence-electron chi connectivity index (χ4n) is 3.82. The highest BCUT2D eigenvalue weighted by atomic mass is 32.2. The lowest BCUT2D eigenvalue weighted by Crippen LogP contribution is -2.59. The van der Waals surface area contributed by atoms with Gasteiger partial charge in [-0.1, -0.05) is 40.7 Å². The van der Waals surface area contributed by atoms with Gasteiger partial charge in [0.1, 0.15) is 30.3 Å². The fourth-order valence-corrected chi connectivity index (χ4v) is 5.09. The van der Waals surface area contributed by atoms with Crippen LogP contribution in [0.5, 0.6) is 0 Å². The second-order valence-electron chi connectivity index (χ2n) is 9.73. The number of allylic oxidation sites excluding steroid dienone is 1. The molecule has 0 radical (unpaired) electrons. The standard InChI is InChI=1S/C24H38N4O6S2/c1-12(2)18-22(31)25-16-11-36-14(5)20(28-21(16)30)23(32)27-19(13(3)4)24(33)34-15(8-6-7-9-35)10-17(29)26-18/h6,8,12-16,18-20,35H,7,9-11H2,1-5H3,(H,25,31)(H,26,29)(H,27,32)(H,28,30)/b8-6+/t14?,15-,16-,18+,19-,20?/m0/s1. The molecule has 202 valence electrons. The van der Waals surface area contributed by atoms with Crippen molar-refractivity contribution >= 4 is 54.0 Å². The first-order valence-corrected chi connectivity index (χ1v) is 13.9. The van der Waals surface area contributed by atoms with Crippen LogP contribution in [0.25, 0.3) is 0 Å².